The largest absolute Gasteiger partial charge is 0.418 e. The number of nitrogens with one attached hydrogen (secondary N) is 1. The second kappa shape index (κ2) is 6.28. The molecule has 1 rings (SSSR count). The SMILES string of the molecule is CC(C)C(CN(C)C)Nc1ccccc1C(F)(F)F. The van der Waals surface area contributed by atoms with Gasteiger partial charge in [0, 0.05) is 18.3 Å². The maximum Gasteiger partial charge on any atom is 0.418 e. The standard InChI is InChI=1S/C14H21F3N2/c1-10(2)13(9-19(3)4)18-12-8-6-5-7-11(12)14(15,16)17/h5-8,10,13,18H,9H2,1-4H3. The van der Waals surface area contributed by atoms with E-state index in [-0.39, 0.29) is 17.6 Å². The number of rotatable bonds is 5. The molecule has 0 aliphatic heterocycles. The first-order valence-electron chi connectivity index (χ1n) is 6.29. The zero-order valence-electron chi connectivity index (χ0n) is 11.8. The minimum Gasteiger partial charge on any atom is -0.380 e. The van der Waals surface area contributed by atoms with Gasteiger partial charge in [0.05, 0.1) is 5.56 Å². The van der Waals surface area contributed by atoms with Gasteiger partial charge in [-0.1, -0.05) is 26.0 Å². The molecule has 0 saturated heterocycles. The Kier molecular flexibility index (Phi) is 5.23. The van der Waals surface area contributed by atoms with Crippen LogP contribution in [0.15, 0.2) is 24.3 Å². The van der Waals surface area contributed by atoms with Gasteiger partial charge in [-0.05, 0) is 32.1 Å². The molecule has 0 heterocycles. The summed E-state index contributed by atoms with van der Waals surface area (Å²) in [6.45, 7) is 4.68. The molecule has 1 aromatic rings. The summed E-state index contributed by atoms with van der Waals surface area (Å²) in [6.07, 6.45) is -4.33. The number of halogens is 3. The summed E-state index contributed by atoms with van der Waals surface area (Å²) in [5.41, 5.74) is -0.463. The van der Waals surface area contributed by atoms with Crippen LogP contribution in [0.3, 0.4) is 0 Å². The van der Waals surface area contributed by atoms with Gasteiger partial charge in [0.25, 0.3) is 0 Å². The van der Waals surface area contributed by atoms with Crippen LogP contribution in [0.1, 0.15) is 19.4 Å². The van der Waals surface area contributed by atoms with Crippen molar-refractivity contribution in [3.8, 4) is 0 Å². The fraction of sp³-hybridized carbons (Fsp3) is 0.571. The van der Waals surface area contributed by atoms with E-state index in [9.17, 15) is 13.2 Å². The molecule has 0 bridgehead atoms. The highest BCUT2D eigenvalue weighted by Crippen LogP contribution is 2.35. The van der Waals surface area contributed by atoms with Crippen molar-refractivity contribution in [2.75, 3.05) is 26.0 Å². The van der Waals surface area contributed by atoms with Gasteiger partial charge in [0.1, 0.15) is 0 Å². The lowest BCUT2D eigenvalue weighted by Gasteiger charge is -2.28. The summed E-state index contributed by atoms with van der Waals surface area (Å²) < 4.78 is 38.7. The van der Waals surface area contributed by atoms with Gasteiger partial charge in [-0.15, -0.1) is 0 Å². The number of anilines is 1. The lowest BCUT2D eigenvalue weighted by molar-refractivity contribution is -0.137. The Labute approximate surface area is 112 Å². The molecular formula is C14H21F3N2. The summed E-state index contributed by atoms with van der Waals surface area (Å²) in [5, 5.41) is 3.02. The molecule has 0 saturated carbocycles. The highest BCUT2D eigenvalue weighted by Gasteiger charge is 2.33. The second-order valence-electron chi connectivity index (χ2n) is 5.30. The van der Waals surface area contributed by atoms with E-state index in [1.54, 1.807) is 6.07 Å². The molecule has 0 radical (unpaired) electrons. The van der Waals surface area contributed by atoms with Crippen LogP contribution < -0.4 is 5.32 Å². The zero-order chi connectivity index (χ0) is 14.6. The van der Waals surface area contributed by atoms with Crippen molar-refractivity contribution in [3.05, 3.63) is 29.8 Å². The number of hydrogen-bond donors (Lipinski definition) is 1. The average molecular weight is 274 g/mol. The molecule has 108 valence electrons. The first-order chi connectivity index (χ1) is 8.71. The van der Waals surface area contributed by atoms with Crippen LogP contribution in [0, 0.1) is 5.92 Å². The fourth-order valence-corrected chi connectivity index (χ4v) is 1.87. The van der Waals surface area contributed by atoms with Crippen LogP contribution in [0.4, 0.5) is 18.9 Å². The number of alkyl halides is 3. The van der Waals surface area contributed by atoms with Crippen molar-refractivity contribution in [1.29, 1.82) is 0 Å². The minimum absolute atomic E-state index is 0.0292. The van der Waals surface area contributed by atoms with Crippen molar-refractivity contribution in [2.24, 2.45) is 5.92 Å². The molecule has 0 amide bonds. The monoisotopic (exact) mass is 274 g/mol. The molecule has 1 atom stereocenters. The highest BCUT2D eigenvalue weighted by molar-refractivity contribution is 5.53. The van der Waals surface area contributed by atoms with Crippen molar-refractivity contribution < 1.29 is 13.2 Å². The van der Waals surface area contributed by atoms with Crippen LogP contribution in [0.25, 0.3) is 0 Å². The summed E-state index contributed by atoms with van der Waals surface area (Å²) in [7, 11) is 3.82. The van der Waals surface area contributed by atoms with Crippen molar-refractivity contribution in [1.82, 2.24) is 4.90 Å². The quantitative estimate of drug-likeness (QED) is 0.880. The Balaban J connectivity index is 2.97. The third kappa shape index (κ3) is 4.74. The number of likely N-dealkylation sites (N-methyl/N-ethyl adjacent to an activating group) is 1. The molecule has 5 heteroatoms. The second-order valence-corrected chi connectivity index (χ2v) is 5.30. The van der Waals surface area contributed by atoms with Gasteiger partial charge >= 0.3 is 6.18 Å². The lowest BCUT2D eigenvalue weighted by atomic mass is 10.0. The summed E-state index contributed by atoms with van der Waals surface area (Å²) >= 11 is 0. The lowest BCUT2D eigenvalue weighted by Crippen LogP contribution is -2.37. The summed E-state index contributed by atoms with van der Waals surface area (Å²) in [4.78, 5) is 1.97. The van der Waals surface area contributed by atoms with Crippen molar-refractivity contribution in [2.45, 2.75) is 26.1 Å². The van der Waals surface area contributed by atoms with E-state index in [1.807, 2.05) is 32.8 Å². The Morgan fingerprint density at radius 2 is 1.74 bits per heavy atom. The number of hydrogen-bond acceptors (Lipinski definition) is 2. The van der Waals surface area contributed by atoms with Gasteiger partial charge in [-0.3, -0.25) is 0 Å². The Bertz CT molecular complexity index is 400. The van der Waals surface area contributed by atoms with Gasteiger partial charge in [0.2, 0.25) is 0 Å². The molecule has 1 N–H and O–H groups in total. The molecule has 0 aromatic heterocycles. The van der Waals surface area contributed by atoms with Crippen molar-refractivity contribution >= 4 is 5.69 Å². The van der Waals surface area contributed by atoms with Gasteiger partial charge < -0.3 is 10.2 Å². The van der Waals surface area contributed by atoms with E-state index < -0.39 is 11.7 Å². The van der Waals surface area contributed by atoms with E-state index in [1.165, 1.54) is 12.1 Å². The summed E-state index contributed by atoms with van der Waals surface area (Å²) in [5.74, 6) is 0.240. The molecule has 0 aliphatic rings. The first kappa shape index (κ1) is 15.8. The van der Waals surface area contributed by atoms with Crippen LogP contribution in [-0.4, -0.2) is 31.6 Å². The molecule has 1 aromatic carbocycles. The molecule has 0 spiro atoms. The van der Waals surface area contributed by atoms with Crippen molar-refractivity contribution in [3.63, 3.8) is 0 Å². The molecule has 0 fully saturated rings. The summed E-state index contributed by atoms with van der Waals surface area (Å²) in [6, 6.07) is 5.58. The van der Waals surface area contributed by atoms with Crippen LogP contribution in [-0.2, 0) is 6.18 Å². The van der Waals surface area contributed by atoms with E-state index in [2.05, 4.69) is 5.32 Å². The Hall–Kier alpha value is -1.23. The fourth-order valence-electron chi connectivity index (χ4n) is 1.87. The van der Waals surface area contributed by atoms with Gasteiger partial charge in [-0.25, -0.2) is 0 Å². The van der Waals surface area contributed by atoms with Gasteiger partial charge in [-0.2, -0.15) is 13.2 Å². The highest BCUT2D eigenvalue weighted by atomic mass is 19.4. The molecule has 0 aliphatic carbocycles. The van der Waals surface area contributed by atoms with Gasteiger partial charge in [0.15, 0.2) is 0 Å². The number of nitrogens with zero attached hydrogens (tertiary/aromatic N) is 1. The van der Waals surface area contributed by atoms with E-state index in [0.29, 0.717) is 6.54 Å². The van der Waals surface area contributed by atoms with Crippen LogP contribution in [0.5, 0.6) is 0 Å². The van der Waals surface area contributed by atoms with E-state index in [4.69, 9.17) is 0 Å². The first-order valence-corrected chi connectivity index (χ1v) is 6.29. The van der Waals surface area contributed by atoms with Crippen LogP contribution in [0.2, 0.25) is 0 Å². The van der Waals surface area contributed by atoms with Crippen LogP contribution >= 0.6 is 0 Å². The smallest absolute Gasteiger partial charge is 0.380 e. The maximum absolute atomic E-state index is 12.9. The number of para-hydroxylation sites is 1. The molecule has 1 unspecified atom stereocenters. The maximum atomic E-state index is 12.9. The average Bonchev–Trinajstić information content (AvgIpc) is 2.26. The van der Waals surface area contributed by atoms with E-state index in [0.717, 1.165) is 6.07 Å². The number of benzene rings is 1. The normalized spacial score (nSPS) is 13.9. The topological polar surface area (TPSA) is 15.3 Å². The minimum atomic E-state index is -4.33. The Morgan fingerprint density at radius 1 is 1.16 bits per heavy atom. The predicted octanol–water partition coefficient (Wildman–Crippen LogP) is 3.70. The Morgan fingerprint density at radius 3 is 2.21 bits per heavy atom. The third-order valence-electron chi connectivity index (χ3n) is 2.94. The third-order valence-corrected chi connectivity index (χ3v) is 2.94. The zero-order valence-corrected chi connectivity index (χ0v) is 11.8. The predicted molar refractivity (Wildman–Crippen MR) is 72.2 cm³/mol. The molecule has 2 nitrogen and oxygen atoms in total. The van der Waals surface area contributed by atoms with E-state index >= 15 is 0 Å². The molecular weight excluding hydrogens is 253 g/mol. The molecule has 19 heavy (non-hydrogen) atoms.